The number of carbonyl (C=O) groups excluding carboxylic acids is 1. The van der Waals surface area contributed by atoms with E-state index in [1.54, 1.807) is 17.0 Å². The third-order valence-corrected chi connectivity index (χ3v) is 6.34. The van der Waals surface area contributed by atoms with Crippen molar-refractivity contribution in [1.29, 1.82) is 0 Å². The standard InChI is InChI=1S/C16H23N3O5S/c1-23-13-5-6-14(24-2)15(11-13)25(21,22)19-9-7-18(8-10-19)16(20)17-12-3-4-12/h5-6,11-12H,3-4,7-10H2,1-2H3,(H,17,20). The lowest BCUT2D eigenvalue weighted by Gasteiger charge is -2.34. The van der Waals surface area contributed by atoms with Gasteiger partial charge in [0.1, 0.15) is 16.4 Å². The second-order valence-corrected chi connectivity index (χ2v) is 8.04. The Morgan fingerprint density at radius 2 is 1.80 bits per heavy atom. The first-order valence-electron chi connectivity index (χ1n) is 8.23. The van der Waals surface area contributed by atoms with E-state index in [1.165, 1.54) is 24.6 Å². The van der Waals surface area contributed by atoms with E-state index in [0.29, 0.717) is 18.8 Å². The van der Waals surface area contributed by atoms with Gasteiger partial charge in [-0.3, -0.25) is 0 Å². The molecular formula is C16H23N3O5S. The number of amides is 2. The molecule has 25 heavy (non-hydrogen) atoms. The van der Waals surface area contributed by atoms with Crippen LogP contribution in [0.15, 0.2) is 23.1 Å². The molecule has 0 bridgehead atoms. The van der Waals surface area contributed by atoms with Crippen molar-refractivity contribution in [3.63, 3.8) is 0 Å². The van der Waals surface area contributed by atoms with Crippen molar-refractivity contribution in [2.75, 3.05) is 40.4 Å². The molecule has 1 aliphatic heterocycles. The van der Waals surface area contributed by atoms with Gasteiger partial charge in [0, 0.05) is 38.3 Å². The Morgan fingerprint density at radius 3 is 2.36 bits per heavy atom. The summed E-state index contributed by atoms with van der Waals surface area (Å²) in [7, 11) is -0.814. The largest absolute Gasteiger partial charge is 0.497 e. The maximum Gasteiger partial charge on any atom is 0.317 e. The Labute approximate surface area is 147 Å². The predicted molar refractivity (Wildman–Crippen MR) is 91.4 cm³/mol. The van der Waals surface area contributed by atoms with Crippen molar-refractivity contribution >= 4 is 16.1 Å². The molecule has 0 aromatic heterocycles. The molecule has 1 N–H and O–H groups in total. The Bertz CT molecular complexity index is 740. The zero-order chi connectivity index (χ0) is 18.0. The van der Waals surface area contributed by atoms with E-state index < -0.39 is 10.0 Å². The van der Waals surface area contributed by atoms with Gasteiger partial charge in [-0.05, 0) is 25.0 Å². The number of methoxy groups -OCH3 is 2. The average Bonchev–Trinajstić information content (AvgIpc) is 3.45. The number of urea groups is 1. The van der Waals surface area contributed by atoms with E-state index in [1.807, 2.05) is 0 Å². The van der Waals surface area contributed by atoms with Gasteiger partial charge in [-0.15, -0.1) is 0 Å². The van der Waals surface area contributed by atoms with E-state index in [-0.39, 0.29) is 35.8 Å². The van der Waals surface area contributed by atoms with Crippen LogP contribution in [0.1, 0.15) is 12.8 Å². The molecule has 0 unspecified atom stereocenters. The van der Waals surface area contributed by atoms with Crippen LogP contribution < -0.4 is 14.8 Å². The molecule has 0 spiro atoms. The first kappa shape index (κ1) is 17.8. The van der Waals surface area contributed by atoms with Gasteiger partial charge in [-0.1, -0.05) is 0 Å². The number of piperazine rings is 1. The second-order valence-electron chi connectivity index (χ2n) is 6.13. The van der Waals surface area contributed by atoms with Crippen LogP contribution in [0.25, 0.3) is 0 Å². The molecule has 2 amide bonds. The number of sulfonamides is 1. The lowest BCUT2D eigenvalue weighted by atomic mass is 10.3. The van der Waals surface area contributed by atoms with Crippen molar-refractivity contribution in [3.8, 4) is 11.5 Å². The van der Waals surface area contributed by atoms with Crippen LogP contribution in [0.5, 0.6) is 11.5 Å². The summed E-state index contributed by atoms with van der Waals surface area (Å²) in [4.78, 5) is 13.8. The Morgan fingerprint density at radius 1 is 1.12 bits per heavy atom. The summed E-state index contributed by atoms with van der Waals surface area (Å²) in [6.07, 6.45) is 2.05. The van der Waals surface area contributed by atoms with Crippen LogP contribution in [0.4, 0.5) is 4.79 Å². The number of carbonyl (C=O) groups is 1. The van der Waals surface area contributed by atoms with Gasteiger partial charge < -0.3 is 19.7 Å². The third-order valence-electron chi connectivity index (χ3n) is 4.42. The zero-order valence-corrected chi connectivity index (χ0v) is 15.2. The van der Waals surface area contributed by atoms with Gasteiger partial charge in [-0.25, -0.2) is 13.2 Å². The molecule has 9 heteroatoms. The number of rotatable bonds is 5. The van der Waals surface area contributed by atoms with E-state index >= 15 is 0 Å². The van der Waals surface area contributed by atoms with Crippen LogP contribution in [0.2, 0.25) is 0 Å². The summed E-state index contributed by atoms with van der Waals surface area (Å²) >= 11 is 0. The molecule has 0 atom stereocenters. The highest BCUT2D eigenvalue weighted by Crippen LogP contribution is 2.31. The maximum atomic E-state index is 13.0. The molecule has 1 aliphatic carbocycles. The fourth-order valence-corrected chi connectivity index (χ4v) is 4.34. The van der Waals surface area contributed by atoms with Gasteiger partial charge in [0.25, 0.3) is 0 Å². The minimum absolute atomic E-state index is 0.0743. The molecule has 3 rings (SSSR count). The second kappa shape index (κ2) is 7.09. The molecule has 1 aromatic carbocycles. The normalized spacial score (nSPS) is 18.7. The molecule has 0 radical (unpaired) electrons. The fraction of sp³-hybridized carbons (Fsp3) is 0.562. The molecule has 2 fully saturated rings. The summed E-state index contributed by atoms with van der Waals surface area (Å²) in [6.45, 7) is 1.23. The van der Waals surface area contributed by atoms with Gasteiger partial charge >= 0.3 is 6.03 Å². The Balaban J connectivity index is 1.72. The maximum absolute atomic E-state index is 13.0. The SMILES string of the molecule is COc1ccc(OC)c(S(=O)(=O)N2CCN(C(=O)NC3CC3)CC2)c1. The van der Waals surface area contributed by atoms with Crippen LogP contribution in [-0.4, -0.2) is 70.1 Å². The lowest BCUT2D eigenvalue weighted by molar-refractivity contribution is 0.172. The molecule has 1 saturated heterocycles. The van der Waals surface area contributed by atoms with Crippen molar-refractivity contribution in [3.05, 3.63) is 18.2 Å². The monoisotopic (exact) mass is 369 g/mol. The number of benzene rings is 1. The van der Waals surface area contributed by atoms with Gasteiger partial charge in [-0.2, -0.15) is 4.31 Å². The number of nitrogens with zero attached hydrogens (tertiary/aromatic N) is 2. The summed E-state index contributed by atoms with van der Waals surface area (Å²) in [5.74, 6) is 0.719. The molecule has 2 aliphatic rings. The summed E-state index contributed by atoms with van der Waals surface area (Å²) < 4.78 is 37.6. The topological polar surface area (TPSA) is 88.2 Å². The molecular weight excluding hydrogens is 346 g/mol. The summed E-state index contributed by atoms with van der Waals surface area (Å²) in [5, 5.41) is 2.92. The van der Waals surface area contributed by atoms with Crippen LogP contribution in [0, 0.1) is 0 Å². The lowest BCUT2D eigenvalue weighted by Crippen LogP contribution is -2.53. The Kier molecular flexibility index (Phi) is 5.05. The summed E-state index contributed by atoms with van der Waals surface area (Å²) in [5.41, 5.74) is 0. The van der Waals surface area contributed by atoms with E-state index in [2.05, 4.69) is 5.32 Å². The molecule has 138 valence electrons. The molecule has 1 saturated carbocycles. The summed E-state index contributed by atoms with van der Waals surface area (Å²) in [6, 6.07) is 4.86. The van der Waals surface area contributed by atoms with E-state index in [4.69, 9.17) is 9.47 Å². The minimum Gasteiger partial charge on any atom is -0.497 e. The highest BCUT2D eigenvalue weighted by atomic mass is 32.2. The van der Waals surface area contributed by atoms with E-state index in [9.17, 15) is 13.2 Å². The van der Waals surface area contributed by atoms with Crippen molar-refractivity contribution in [1.82, 2.24) is 14.5 Å². The first-order chi connectivity index (χ1) is 12.0. The zero-order valence-electron chi connectivity index (χ0n) is 14.4. The number of nitrogens with one attached hydrogen (secondary N) is 1. The molecule has 1 heterocycles. The molecule has 1 aromatic rings. The third kappa shape index (κ3) is 3.82. The van der Waals surface area contributed by atoms with Crippen LogP contribution in [-0.2, 0) is 10.0 Å². The van der Waals surface area contributed by atoms with Crippen molar-refractivity contribution in [2.45, 2.75) is 23.8 Å². The van der Waals surface area contributed by atoms with Gasteiger partial charge in [0.05, 0.1) is 14.2 Å². The van der Waals surface area contributed by atoms with Gasteiger partial charge in [0.2, 0.25) is 10.0 Å². The van der Waals surface area contributed by atoms with Crippen LogP contribution in [0.3, 0.4) is 0 Å². The average molecular weight is 369 g/mol. The smallest absolute Gasteiger partial charge is 0.317 e. The van der Waals surface area contributed by atoms with Crippen LogP contribution >= 0.6 is 0 Å². The quantitative estimate of drug-likeness (QED) is 0.832. The number of hydrogen-bond donors (Lipinski definition) is 1. The fourth-order valence-electron chi connectivity index (χ4n) is 2.75. The van der Waals surface area contributed by atoms with Crippen molar-refractivity contribution < 1.29 is 22.7 Å². The van der Waals surface area contributed by atoms with Crippen molar-refractivity contribution in [2.24, 2.45) is 0 Å². The first-order valence-corrected chi connectivity index (χ1v) is 9.67. The number of ether oxygens (including phenoxy) is 2. The van der Waals surface area contributed by atoms with E-state index in [0.717, 1.165) is 12.8 Å². The minimum atomic E-state index is -3.73. The highest BCUT2D eigenvalue weighted by Gasteiger charge is 2.33. The number of hydrogen-bond acceptors (Lipinski definition) is 5. The van der Waals surface area contributed by atoms with Gasteiger partial charge in [0.15, 0.2) is 0 Å². The Hall–Kier alpha value is -2.00. The highest BCUT2D eigenvalue weighted by molar-refractivity contribution is 7.89. The molecule has 8 nitrogen and oxygen atoms in total. The predicted octanol–water partition coefficient (Wildman–Crippen LogP) is 0.882.